The third kappa shape index (κ3) is 1.86. The summed E-state index contributed by atoms with van der Waals surface area (Å²) >= 11 is 3.38. The first-order valence-electron chi connectivity index (χ1n) is 5.80. The van der Waals surface area contributed by atoms with E-state index in [1.807, 2.05) is 32.0 Å². The summed E-state index contributed by atoms with van der Waals surface area (Å²) in [5, 5.41) is 10.3. The van der Waals surface area contributed by atoms with Gasteiger partial charge in [0, 0.05) is 17.1 Å². The average molecular weight is 313 g/mol. The molecule has 0 radical (unpaired) electrons. The first kappa shape index (κ1) is 13.5. The number of fused-ring (bicyclic) bond motifs is 1. The maximum Gasteiger partial charge on any atom is 0.224 e. The van der Waals surface area contributed by atoms with Gasteiger partial charge in [0.1, 0.15) is 0 Å². The predicted molar refractivity (Wildman–Crippen MR) is 74.3 cm³/mol. The van der Waals surface area contributed by atoms with Crippen LogP contribution in [0, 0.1) is 0 Å². The highest BCUT2D eigenvalue weighted by Crippen LogP contribution is 2.42. The fraction of sp³-hybridized carbons (Fsp3) is 0.462. The van der Waals surface area contributed by atoms with Crippen LogP contribution in [0.25, 0.3) is 0 Å². The van der Waals surface area contributed by atoms with E-state index in [2.05, 4.69) is 15.9 Å². The molecule has 0 aliphatic carbocycles. The van der Waals surface area contributed by atoms with Crippen molar-refractivity contribution in [3.8, 4) is 0 Å². The highest BCUT2D eigenvalue weighted by atomic mass is 79.9. The van der Waals surface area contributed by atoms with Crippen LogP contribution >= 0.6 is 15.9 Å². The summed E-state index contributed by atoms with van der Waals surface area (Å²) in [5.41, 5.74) is 6.93. The average Bonchev–Trinajstić information content (AvgIpc) is 2.27. The molecule has 1 aliphatic heterocycles. The molecule has 0 bridgehead atoms. The van der Waals surface area contributed by atoms with Crippen molar-refractivity contribution in [3.63, 3.8) is 0 Å². The summed E-state index contributed by atoms with van der Waals surface area (Å²) < 4.78 is 0.882. The Morgan fingerprint density at radius 1 is 1.50 bits per heavy atom. The third-order valence-electron chi connectivity index (χ3n) is 3.54. The lowest BCUT2D eigenvalue weighted by molar-refractivity contribution is -0.119. The normalized spacial score (nSPS) is 25.8. The van der Waals surface area contributed by atoms with Crippen LogP contribution in [-0.2, 0) is 4.79 Å². The number of aliphatic hydroxyl groups is 1. The van der Waals surface area contributed by atoms with Gasteiger partial charge in [-0.15, -0.1) is 0 Å². The van der Waals surface area contributed by atoms with Gasteiger partial charge in [0.15, 0.2) is 0 Å². The van der Waals surface area contributed by atoms with Crippen LogP contribution in [-0.4, -0.2) is 22.7 Å². The zero-order valence-corrected chi connectivity index (χ0v) is 12.2. The lowest BCUT2D eigenvalue weighted by Crippen LogP contribution is -2.61. The minimum absolute atomic E-state index is 0.102. The van der Waals surface area contributed by atoms with Crippen LogP contribution in [0.4, 0.5) is 5.69 Å². The maximum absolute atomic E-state index is 11.9. The second kappa shape index (κ2) is 4.33. The van der Waals surface area contributed by atoms with Gasteiger partial charge in [0.2, 0.25) is 5.91 Å². The summed E-state index contributed by atoms with van der Waals surface area (Å²) in [4.78, 5) is 13.5. The van der Waals surface area contributed by atoms with E-state index >= 15 is 0 Å². The van der Waals surface area contributed by atoms with Crippen molar-refractivity contribution in [2.24, 2.45) is 5.73 Å². The van der Waals surface area contributed by atoms with Crippen LogP contribution in [0.1, 0.15) is 32.4 Å². The Balaban J connectivity index is 2.68. The molecular formula is C13H17BrN2O2. The summed E-state index contributed by atoms with van der Waals surface area (Å²) in [6, 6.07) is 5.08. The lowest BCUT2D eigenvalue weighted by Gasteiger charge is -2.48. The van der Waals surface area contributed by atoms with Gasteiger partial charge in [-0.25, -0.2) is 0 Å². The van der Waals surface area contributed by atoms with E-state index in [4.69, 9.17) is 5.73 Å². The SMILES string of the molecule is CC(=O)N1c2ccc(Br)cc2[C@@H](N)[C@H](O)C1(C)C. The molecule has 0 fully saturated rings. The van der Waals surface area contributed by atoms with Crippen molar-refractivity contribution in [1.29, 1.82) is 0 Å². The van der Waals surface area contributed by atoms with Crippen LogP contribution in [0.15, 0.2) is 22.7 Å². The van der Waals surface area contributed by atoms with E-state index in [0.717, 1.165) is 15.7 Å². The molecule has 1 aliphatic rings. The first-order valence-corrected chi connectivity index (χ1v) is 6.60. The lowest BCUT2D eigenvalue weighted by atomic mass is 9.81. The Morgan fingerprint density at radius 2 is 2.11 bits per heavy atom. The first-order chi connectivity index (χ1) is 8.26. The van der Waals surface area contributed by atoms with E-state index in [0.29, 0.717) is 0 Å². The fourth-order valence-corrected chi connectivity index (χ4v) is 3.00. The topological polar surface area (TPSA) is 66.6 Å². The third-order valence-corrected chi connectivity index (χ3v) is 4.04. The van der Waals surface area contributed by atoms with Gasteiger partial charge >= 0.3 is 0 Å². The number of hydrogen-bond donors (Lipinski definition) is 2. The molecule has 1 amide bonds. The molecule has 4 nitrogen and oxygen atoms in total. The number of nitrogens with zero attached hydrogens (tertiary/aromatic N) is 1. The van der Waals surface area contributed by atoms with Crippen molar-refractivity contribution < 1.29 is 9.90 Å². The van der Waals surface area contributed by atoms with Gasteiger partial charge < -0.3 is 15.7 Å². The quantitative estimate of drug-likeness (QED) is 0.769. The van der Waals surface area contributed by atoms with E-state index in [1.54, 1.807) is 4.90 Å². The fourth-order valence-electron chi connectivity index (χ4n) is 2.62. The summed E-state index contributed by atoms with van der Waals surface area (Å²) in [5.74, 6) is -0.102. The number of amides is 1. The molecule has 3 N–H and O–H groups in total. The predicted octanol–water partition coefficient (Wildman–Crippen LogP) is 1.95. The number of halogens is 1. The summed E-state index contributed by atoms with van der Waals surface area (Å²) in [7, 11) is 0. The Morgan fingerprint density at radius 3 is 2.67 bits per heavy atom. The van der Waals surface area contributed by atoms with Crippen molar-refractivity contribution in [2.45, 2.75) is 38.5 Å². The van der Waals surface area contributed by atoms with Gasteiger partial charge in [-0.2, -0.15) is 0 Å². The summed E-state index contributed by atoms with van der Waals surface area (Å²) in [6.45, 7) is 5.14. The van der Waals surface area contributed by atoms with Crippen molar-refractivity contribution in [3.05, 3.63) is 28.2 Å². The molecule has 1 heterocycles. The monoisotopic (exact) mass is 312 g/mol. The smallest absolute Gasteiger partial charge is 0.224 e. The molecule has 1 aromatic carbocycles. The zero-order chi connectivity index (χ0) is 13.7. The minimum atomic E-state index is -0.803. The highest BCUT2D eigenvalue weighted by Gasteiger charge is 2.46. The molecule has 2 rings (SSSR count). The van der Waals surface area contributed by atoms with Gasteiger partial charge in [0.25, 0.3) is 0 Å². The molecule has 18 heavy (non-hydrogen) atoms. The van der Waals surface area contributed by atoms with E-state index in [1.165, 1.54) is 6.92 Å². The number of hydrogen-bond acceptors (Lipinski definition) is 3. The van der Waals surface area contributed by atoms with E-state index in [-0.39, 0.29) is 5.91 Å². The molecule has 0 aromatic heterocycles. The molecule has 98 valence electrons. The van der Waals surface area contributed by atoms with Gasteiger partial charge in [-0.3, -0.25) is 4.79 Å². The van der Waals surface area contributed by atoms with Crippen LogP contribution in [0.3, 0.4) is 0 Å². The Kier molecular flexibility index (Phi) is 3.25. The number of nitrogens with two attached hydrogens (primary N) is 1. The second-order valence-corrected chi connectivity index (χ2v) is 6.10. The molecular weight excluding hydrogens is 296 g/mol. The van der Waals surface area contributed by atoms with Crippen molar-refractivity contribution >= 4 is 27.5 Å². The molecule has 0 saturated carbocycles. The Hall–Kier alpha value is -0.910. The Labute approximate surface area is 115 Å². The number of carbonyl (C=O) groups excluding carboxylic acids is 1. The molecule has 0 saturated heterocycles. The largest absolute Gasteiger partial charge is 0.389 e. The van der Waals surface area contributed by atoms with E-state index in [9.17, 15) is 9.90 Å². The van der Waals surface area contributed by atoms with Crippen molar-refractivity contribution in [1.82, 2.24) is 0 Å². The van der Waals surface area contributed by atoms with Crippen molar-refractivity contribution in [2.75, 3.05) is 4.90 Å². The number of benzene rings is 1. The summed E-state index contributed by atoms with van der Waals surface area (Å²) in [6.07, 6.45) is -0.803. The van der Waals surface area contributed by atoms with Crippen LogP contribution in [0.2, 0.25) is 0 Å². The van der Waals surface area contributed by atoms with Crippen LogP contribution < -0.4 is 10.6 Å². The molecule has 0 spiro atoms. The van der Waals surface area contributed by atoms with Gasteiger partial charge in [0.05, 0.1) is 17.7 Å². The number of carbonyl (C=O) groups is 1. The number of rotatable bonds is 0. The highest BCUT2D eigenvalue weighted by molar-refractivity contribution is 9.10. The minimum Gasteiger partial charge on any atom is -0.389 e. The van der Waals surface area contributed by atoms with Gasteiger partial charge in [-0.05, 0) is 37.6 Å². The maximum atomic E-state index is 11.9. The molecule has 2 atom stereocenters. The van der Waals surface area contributed by atoms with Crippen LogP contribution in [0.5, 0.6) is 0 Å². The molecule has 1 aromatic rings. The standard InChI is InChI=1S/C13H17BrN2O2/c1-7(17)16-10-5-4-8(14)6-9(10)11(15)12(18)13(16,2)3/h4-6,11-12,18H,15H2,1-3H3/t11-,12+/m1/s1. The molecule has 0 unspecified atom stereocenters. The number of aliphatic hydroxyl groups excluding tert-OH is 1. The Bertz CT molecular complexity index is 502. The van der Waals surface area contributed by atoms with E-state index < -0.39 is 17.7 Å². The number of anilines is 1. The molecule has 5 heteroatoms. The second-order valence-electron chi connectivity index (χ2n) is 5.18. The zero-order valence-electron chi connectivity index (χ0n) is 10.6. The van der Waals surface area contributed by atoms with Gasteiger partial charge in [-0.1, -0.05) is 15.9 Å².